The van der Waals surface area contributed by atoms with Crippen LogP contribution in [0.2, 0.25) is 0 Å². The fraction of sp³-hybridized carbons (Fsp3) is 0.812. The molecule has 2 fully saturated rings. The molecule has 0 bridgehead atoms. The van der Waals surface area contributed by atoms with Crippen LogP contribution in [0.5, 0.6) is 0 Å². The molecule has 2 heterocycles. The van der Waals surface area contributed by atoms with E-state index in [1.807, 2.05) is 6.20 Å². The smallest absolute Gasteiger partial charge is 0.205 e. The van der Waals surface area contributed by atoms with E-state index in [-0.39, 0.29) is 0 Å². The van der Waals surface area contributed by atoms with E-state index in [2.05, 4.69) is 32.9 Å². The van der Waals surface area contributed by atoms with Crippen LogP contribution in [0.4, 0.5) is 5.95 Å². The number of piperidine rings is 1. The van der Waals surface area contributed by atoms with Gasteiger partial charge in [-0.05, 0) is 51.6 Å². The maximum absolute atomic E-state index is 4.67. The molecule has 0 spiro atoms. The first-order valence-electron chi connectivity index (χ1n) is 8.37. The van der Waals surface area contributed by atoms with Gasteiger partial charge in [-0.15, -0.1) is 0 Å². The van der Waals surface area contributed by atoms with Crippen LogP contribution in [0, 0.1) is 5.92 Å². The number of imidazole rings is 1. The quantitative estimate of drug-likeness (QED) is 0.897. The molecule has 112 valence electrons. The van der Waals surface area contributed by atoms with E-state index in [0.717, 1.165) is 12.5 Å². The molecule has 0 aromatic carbocycles. The molecule has 0 amide bonds. The molecule has 1 aromatic heterocycles. The monoisotopic (exact) mass is 276 g/mol. The van der Waals surface area contributed by atoms with Crippen LogP contribution in [0.25, 0.3) is 0 Å². The molecule has 1 saturated heterocycles. The Hall–Kier alpha value is -1.03. The number of aromatic nitrogens is 2. The van der Waals surface area contributed by atoms with Crippen molar-refractivity contribution < 1.29 is 0 Å². The number of nitrogens with zero attached hydrogens (tertiary/aromatic N) is 3. The molecule has 0 unspecified atom stereocenters. The van der Waals surface area contributed by atoms with Crippen LogP contribution < -0.4 is 10.2 Å². The van der Waals surface area contributed by atoms with Gasteiger partial charge in [-0.25, -0.2) is 4.98 Å². The zero-order valence-electron chi connectivity index (χ0n) is 12.7. The van der Waals surface area contributed by atoms with Crippen LogP contribution in [0.1, 0.15) is 51.5 Å². The van der Waals surface area contributed by atoms with Crippen LogP contribution in [-0.2, 0) is 0 Å². The second-order valence-electron chi connectivity index (χ2n) is 6.30. The van der Waals surface area contributed by atoms with Gasteiger partial charge in [0.15, 0.2) is 0 Å². The molecular formula is C16H28N4. The molecule has 4 heteroatoms. The lowest BCUT2D eigenvalue weighted by Gasteiger charge is -2.31. The van der Waals surface area contributed by atoms with Crippen molar-refractivity contribution >= 4 is 5.95 Å². The van der Waals surface area contributed by atoms with Crippen molar-refractivity contribution in [2.45, 2.75) is 51.5 Å². The number of rotatable bonds is 5. The first-order valence-corrected chi connectivity index (χ1v) is 8.37. The zero-order valence-corrected chi connectivity index (χ0v) is 12.7. The number of anilines is 1. The second kappa shape index (κ2) is 6.61. The van der Waals surface area contributed by atoms with Gasteiger partial charge in [-0.1, -0.05) is 12.8 Å². The average molecular weight is 276 g/mol. The Morgan fingerprint density at radius 3 is 2.70 bits per heavy atom. The van der Waals surface area contributed by atoms with Crippen LogP contribution in [-0.4, -0.2) is 35.7 Å². The molecule has 1 aromatic rings. The van der Waals surface area contributed by atoms with Gasteiger partial charge in [-0.3, -0.25) is 0 Å². The molecule has 2 aliphatic rings. The minimum atomic E-state index is 0.689. The van der Waals surface area contributed by atoms with Crippen molar-refractivity contribution in [1.82, 2.24) is 14.9 Å². The van der Waals surface area contributed by atoms with Gasteiger partial charge in [0.05, 0.1) is 0 Å². The summed E-state index contributed by atoms with van der Waals surface area (Å²) in [7, 11) is 0. The van der Waals surface area contributed by atoms with E-state index in [4.69, 9.17) is 0 Å². The van der Waals surface area contributed by atoms with Gasteiger partial charge in [0.25, 0.3) is 0 Å². The van der Waals surface area contributed by atoms with Gasteiger partial charge in [-0.2, -0.15) is 0 Å². The third-order valence-electron chi connectivity index (χ3n) is 4.97. The highest BCUT2D eigenvalue weighted by Gasteiger charge is 2.23. The van der Waals surface area contributed by atoms with Crippen molar-refractivity contribution in [3.63, 3.8) is 0 Å². The van der Waals surface area contributed by atoms with E-state index >= 15 is 0 Å². The Balaban J connectivity index is 1.70. The van der Waals surface area contributed by atoms with Gasteiger partial charge >= 0.3 is 0 Å². The van der Waals surface area contributed by atoms with Gasteiger partial charge in [0.1, 0.15) is 0 Å². The van der Waals surface area contributed by atoms with E-state index in [1.165, 1.54) is 64.1 Å². The lowest BCUT2D eigenvalue weighted by molar-refractivity contribution is 0.371. The first-order chi connectivity index (χ1) is 9.88. The third kappa shape index (κ3) is 3.00. The Bertz CT molecular complexity index is 402. The Labute approximate surface area is 122 Å². The summed E-state index contributed by atoms with van der Waals surface area (Å²) in [5.74, 6) is 2.03. The van der Waals surface area contributed by atoms with Crippen molar-refractivity contribution in [3.8, 4) is 0 Å². The molecule has 4 nitrogen and oxygen atoms in total. The van der Waals surface area contributed by atoms with E-state index < -0.39 is 0 Å². The summed E-state index contributed by atoms with van der Waals surface area (Å²) in [5, 5.41) is 3.46. The topological polar surface area (TPSA) is 33.1 Å². The van der Waals surface area contributed by atoms with Crippen molar-refractivity contribution in [2.75, 3.05) is 31.1 Å². The van der Waals surface area contributed by atoms with Crippen LogP contribution in [0.3, 0.4) is 0 Å². The molecular weight excluding hydrogens is 248 g/mol. The molecule has 20 heavy (non-hydrogen) atoms. The maximum atomic E-state index is 4.67. The maximum Gasteiger partial charge on any atom is 0.205 e. The summed E-state index contributed by atoms with van der Waals surface area (Å²) in [6, 6.07) is 0.689. The molecule has 1 N–H and O–H groups in total. The highest BCUT2D eigenvalue weighted by Crippen LogP contribution is 2.32. The number of nitrogens with one attached hydrogen (secondary N) is 1. The predicted octanol–water partition coefficient (Wildman–Crippen LogP) is 2.82. The molecule has 0 atom stereocenters. The first kappa shape index (κ1) is 13.9. The molecule has 1 aliphatic carbocycles. The van der Waals surface area contributed by atoms with Crippen molar-refractivity contribution in [1.29, 1.82) is 0 Å². The second-order valence-corrected chi connectivity index (χ2v) is 6.30. The summed E-state index contributed by atoms with van der Waals surface area (Å²) in [4.78, 5) is 7.17. The number of hydrogen-bond donors (Lipinski definition) is 1. The standard InChI is InChI=1S/C16H28N4/c1-2-19(13-14-7-9-17-10-8-14)16-18-11-12-20(16)15-5-3-4-6-15/h11-12,14-15,17H,2-10,13H2,1H3. The van der Waals surface area contributed by atoms with E-state index in [0.29, 0.717) is 6.04 Å². The molecule has 1 saturated carbocycles. The number of hydrogen-bond acceptors (Lipinski definition) is 3. The Morgan fingerprint density at radius 2 is 2.00 bits per heavy atom. The molecule has 0 radical (unpaired) electrons. The van der Waals surface area contributed by atoms with E-state index in [9.17, 15) is 0 Å². The summed E-state index contributed by atoms with van der Waals surface area (Å²) in [6.07, 6.45) is 12.2. The lowest BCUT2D eigenvalue weighted by Crippen LogP contribution is -2.37. The largest absolute Gasteiger partial charge is 0.342 e. The Kier molecular flexibility index (Phi) is 4.61. The molecule has 3 rings (SSSR count). The predicted molar refractivity (Wildman–Crippen MR) is 83.2 cm³/mol. The Morgan fingerprint density at radius 1 is 1.25 bits per heavy atom. The summed E-state index contributed by atoms with van der Waals surface area (Å²) in [6.45, 7) is 6.85. The van der Waals surface area contributed by atoms with E-state index in [1.54, 1.807) is 0 Å². The van der Waals surface area contributed by atoms with Crippen LogP contribution >= 0.6 is 0 Å². The minimum absolute atomic E-state index is 0.689. The van der Waals surface area contributed by atoms with Gasteiger partial charge in [0, 0.05) is 31.5 Å². The summed E-state index contributed by atoms with van der Waals surface area (Å²) in [5.41, 5.74) is 0. The van der Waals surface area contributed by atoms with Crippen LogP contribution in [0.15, 0.2) is 12.4 Å². The fourth-order valence-electron chi connectivity index (χ4n) is 3.75. The minimum Gasteiger partial charge on any atom is -0.342 e. The lowest BCUT2D eigenvalue weighted by atomic mass is 9.97. The van der Waals surface area contributed by atoms with Gasteiger partial charge < -0.3 is 14.8 Å². The third-order valence-corrected chi connectivity index (χ3v) is 4.97. The normalized spacial score (nSPS) is 21.4. The average Bonchev–Trinajstić information content (AvgIpc) is 3.16. The zero-order chi connectivity index (χ0) is 13.8. The summed E-state index contributed by atoms with van der Waals surface area (Å²) >= 11 is 0. The van der Waals surface area contributed by atoms with Crippen molar-refractivity contribution in [2.24, 2.45) is 5.92 Å². The molecule has 1 aliphatic heterocycles. The highest BCUT2D eigenvalue weighted by atomic mass is 15.3. The highest BCUT2D eigenvalue weighted by molar-refractivity contribution is 5.32. The fourth-order valence-corrected chi connectivity index (χ4v) is 3.75. The SMILES string of the molecule is CCN(CC1CCNCC1)c1nccn1C1CCCC1. The summed E-state index contributed by atoms with van der Waals surface area (Å²) < 4.78 is 2.44. The van der Waals surface area contributed by atoms with Crippen molar-refractivity contribution in [3.05, 3.63) is 12.4 Å². The van der Waals surface area contributed by atoms with Gasteiger partial charge in [0.2, 0.25) is 5.95 Å².